The monoisotopic (exact) mass is 443 g/mol. The average Bonchev–Trinajstić information content (AvgIpc) is 3.33. The predicted octanol–water partition coefficient (Wildman–Crippen LogP) is 1.31. The lowest BCUT2D eigenvalue weighted by Crippen LogP contribution is -2.57. The molecule has 2 aliphatic rings. The highest BCUT2D eigenvalue weighted by atomic mass is 16.2. The number of likely N-dealkylation sites (tertiary alicyclic amines) is 1. The second-order valence-electron chi connectivity index (χ2n) is 8.43. The number of nitrogens with zero attached hydrogens (tertiary/aromatic N) is 5. The van der Waals surface area contributed by atoms with Gasteiger partial charge in [0.15, 0.2) is 5.96 Å². The van der Waals surface area contributed by atoms with Crippen molar-refractivity contribution >= 4 is 23.6 Å². The molecule has 32 heavy (non-hydrogen) atoms. The average molecular weight is 444 g/mol. The highest BCUT2D eigenvalue weighted by Gasteiger charge is 2.30. The van der Waals surface area contributed by atoms with Gasteiger partial charge in [-0.2, -0.15) is 0 Å². The number of hydrogen-bond donors (Lipinski definition) is 2. The summed E-state index contributed by atoms with van der Waals surface area (Å²) in [5.74, 6) is 1.55. The van der Waals surface area contributed by atoms with E-state index in [0.717, 1.165) is 70.3 Å². The van der Waals surface area contributed by atoms with Gasteiger partial charge in [0.25, 0.3) is 0 Å². The third-order valence-corrected chi connectivity index (χ3v) is 6.03. The number of piperazine rings is 1. The van der Waals surface area contributed by atoms with Crippen LogP contribution in [0.5, 0.6) is 0 Å². The van der Waals surface area contributed by atoms with E-state index in [1.807, 2.05) is 37.8 Å². The molecule has 1 unspecified atom stereocenters. The molecule has 0 radical (unpaired) electrons. The van der Waals surface area contributed by atoms with Crippen molar-refractivity contribution in [1.29, 1.82) is 0 Å². The molecule has 2 N–H and O–H groups in total. The van der Waals surface area contributed by atoms with Crippen LogP contribution in [-0.4, -0.2) is 95.9 Å². The minimum absolute atomic E-state index is 0.0753. The Balaban J connectivity index is 1.47. The van der Waals surface area contributed by atoms with Crippen LogP contribution in [0.3, 0.4) is 0 Å². The van der Waals surface area contributed by atoms with E-state index in [-0.39, 0.29) is 17.9 Å². The van der Waals surface area contributed by atoms with Crippen LogP contribution >= 0.6 is 0 Å². The summed E-state index contributed by atoms with van der Waals surface area (Å²) in [4.78, 5) is 40.4. The molecule has 1 aromatic rings. The van der Waals surface area contributed by atoms with Crippen molar-refractivity contribution in [1.82, 2.24) is 25.0 Å². The summed E-state index contributed by atoms with van der Waals surface area (Å²) in [7, 11) is 0. The smallest absolute Gasteiger partial charge is 0.239 e. The number of aryl methyl sites for hydroxylation is 1. The molecule has 2 fully saturated rings. The lowest BCUT2D eigenvalue weighted by molar-refractivity contribution is -0.135. The molecule has 0 aromatic carbocycles. The third-order valence-electron chi connectivity index (χ3n) is 6.03. The maximum atomic E-state index is 12.7. The van der Waals surface area contributed by atoms with Crippen molar-refractivity contribution in [3.8, 4) is 0 Å². The van der Waals surface area contributed by atoms with E-state index < -0.39 is 0 Å². The van der Waals surface area contributed by atoms with Crippen LogP contribution in [0.4, 0.5) is 5.82 Å². The van der Waals surface area contributed by atoms with Gasteiger partial charge in [-0.15, -0.1) is 0 Å². The van der Waals surface area contributed by atoms with Gasteiger partial charge >= 0.3 is 0 Å². The minimum atomic E-state index is -0.0956. The van der Waals surface area contributed by atoms with Gasteiger partial charge in [0.05, 0.1) is 12.6 Å². The number of rotatable bonds is 7. The number of anilines is 1. The van der Waals surface area contributed by atoms with Gasteiger partial charge < -0.3 is 20.4 Å². The fourth-order valence-electron chi connectivity index (χ4n) is 4.19. The summed E-state index contributed by atoms with van der Waals surface area (Å²) in [6, 6.07) is 5.48. The summed E-state index contributed by atoms with van der Waals surface area (Å²) in [6.45, 7) is 12.2. The fraction of sp³-hybridized carbons (Fsp3) is 0.652. The number of hydrogen-bond acceptors (Lipinski definition) is 5. The first-order chi connectivity index (χ1) is 15.5. The topological polar surface area (TPSA) is 93.2 Å². The molecule has 2 saturated heterocycles. The molecule has 1 aromatic heterocycles. The van der Waals surface area contributed by atoms with Crippen molar-refractivity contribution in [3.05, 3.63) is 23.9 Å². The molecule has 1 atom stereocenters. The van der Waals surface area contributed by atoms with E-state index in [2.05, 4.69) is 30.4 Å². The Hall–Kier alpha value is -2.68. The van der Waals surface area contributed by atoms with Crippen LogP contribution in [0.15, 0.2) is 23.2 Å². The summed E-state index contributed by atoms with van der Waals surface area (Å²) in [5.41, 5.74) is 0.867. The molecule has 2 aliphatic heterocycles. The SMILES string of the molecule is CCNC(=NCCC(=O)Nc1cccc(C)n1)N1CCN(C(C)C(=O)N2CCCC2)CC1. The Labute approximate surface area is 191 Å². The number of pyridine rings is 1. The van der Waals surface area contributed by atoms with Gasteiger partial charge in [0.2, 0.25) is 11.8 Å². The number of carbonyl (C=O) groups is 2. The Kier molecular flexibility index (Phi) is 8.84. The van der Waals surface area contributed by atoms with Gasteiger partial charge in [-0.25, -0.2) is 4.98 Å². The highest BCUT2D eigenvalue weighted by Crippen LogP contribution is 2.14. The van der Waals surface area contributed by atoms with Crippen molar-refractivity contribution in [2.45, 2.75) is 46.1 Å². The molecular weight excluding hydrogens is 406 g/mol. The van der Waals surface area contributed by atoms with E-state index in [4.69, 9.17) is 0 Å². The van der Waals surface area contributed by atoms with Crippen molar-refractivity contribution < 1.29 is 9.59 Å². The lowest BCUT2D eigenvalue weighted by Gasteiger charge is -2.39. The van der Waals surface area contributed by atoms with E-state index in [0.29, 0.717) is 18.8 Å². The molecule has 0 spiro atoms. The Bertz CT molecular complexity index is 799. The summed E-state index contributed by atoms with van der Waals surface area (Å²) >= 11 is 0. The van der Waals surface area contributed by atoms with Crippen LogP contribution in [0.1, 0.15) is 38.8 Å². The zero-order valence-corrected chi connectivity index (χ0v) is 19.6. The summed E-state index contributed by atoms with van der Waals surface area (Å²) < 4.78 is 0. The molecule has 3 heterocycles. The van der Waals surface area contributed by atoms with Gasteiger partial charge in [-0.3, -0.25) is 19.5 Å². The Morgan fingerprint density at radius 1 is 1.09 bits per heavy atom. The molecule has 0 saturated carbocycles. The first-order valence-electron chi connectivity index (χ1n) is 11.8. The summed E-state index contributed by atoms with van der Waals surface area (Å²) in [6.07, 6.45) is 2.54. The van der Waals surface area contributed by atoms with Crippen molar-refractivity contribution in [3.63, 3.8) is 0 Å². The molecule has 9 heteroatoms. The quantitative estimate of drug-likeness (QED) is 0.488. The normalized spacial score (nSPS) is 18.5. The van der Waals surface area contributed by atoms with E-state index >= 15 is 0 Å². The molecule has 2 amide bonds. The van der Waals surface area contributed by atoms with E-state index in [9.17, 15) is 9.59 Å². The lowest BCUT2D eigenvalue weighted by atomic mass is 10.2. The van der Waals surface area contributed by atoms with Crippen LogP contribution in [0, 0.1) is 6.92 Å². The standard InChI is InChI=1S/C23H37N7O2/c1-4-24-23(25-11-10-21(31)27-20-9-7-8-18(2)26-20)30-16-14-28(15-17-30)19(3)22(32)29-12-5-6-13-29/h7-9,19H,4-6,10-17H2,1-3H3,(H,24,25)(H,26,27,31). The van der Waals surface area contributed by atoms with Gasteiger partial charge in [-0.1, -0.05) is 6.07 Å². The maximum absolute atomic E-state index is 12.7. The second-order valence-corrected chi connectivity index (χ2v) is 8.43. The third kappa shape index (κ3) is 6.66. The molecule has 9 nitrogen and oxygen atoms in total. The molecule has 3 rings (SSSR count). The van der Waals surface area contributed by atoms with Crippen LogP contribution in [0.2, 0.25) is 0 Å². The van der Waals surface area contributed by atoms with Crippen LogP contribution < -0.4 is 10.6 Å². The predicted molar refractivity (Wildman–Crippen MR) is 127 cm³/mol. The van der Waals surface area contributed by atoms with Crippen molar-refractivity contribution in [2.75, 3.05) is 57.7 Å². The van der Waals surface area contributed by atoms with E-state index in [1.165, 1.54) is 0 Å². The first kappa shape index (κ1) is 24.0. The van der Waals surface area contributed by atoms with E-state index in [1.54, 1.807) is 6.07 Å². The summed E-state index contributed by atoms with van der Waals surface area (Å²) in [5, 5.41) is 6.16. The van der Waals surface area contributed by atoms with Crippen molar-refractivity contribution in [2.24, 2.45) is 4.99 Å². The number of amides is 2. The zero-order chi connectivity index (χ0) is 22.9. The van der Waals surface area contributed by atoms with Crippen LogP contribution in [-0.2, 0) is 9.59 Å². The fourth-order valence-corrected chi connectivity index (χ4v) is 4.19. The Morgan fingerprint density at radius 2 is 1.81 bits per heavy atom. The maximum Gasteiger partial charge on any atom is 0.239 e. The van der Waals surface area contributed by atoms with Crippen LogP contribution in [0.25, 0.3) is 0 Å². The zero-order valence-electron chi connectivity index (χ0n) is 19.6. The highest BCUT2D eigenvalue weighted by molar-refractivity contribution is 5.90. The molecule has 176 valence electrons. The Morgan fingerprint density at radius 3 is 2.47 bits per heavy atom. The number of carbonyl (C=O) groups excluding carboxylic acids is 2. The largest absolute Gasteiger partial charge is 0.357 e. The van der Waals surface area contributed by atoms with Gasteiger partial charge in [0, 0.05) is 57.9 Å². The first-order valence-corrected chi connectivity index (χ1v) is 11.8. The molecule has 0 bridgehead atoms. The minimum Gasteiger partial charge on any atom is -0.357 e. The molecular formula is C23H37N7O2. The van der Waals surface area contributed by atoms with Gasteiger partial charge in [-0.05, 0) is 45.7 Å². The molecule has 0 aliphatic carbocycles. The second kappa shape index (κ2) is 11.8. The number of aliphatic imine (C=N–C) groups is 1. The number of aromatic nitrogens is 1. The number of guanidine groups is 1. The number of nitrogens with one attached hydrogen (secondary N) is 2. The van der Waals surface area contributed by atoms with Gasteiger partial charge in [0.1, 0.15) is 5.82 Å².